The average molecular weight is 253 g/mol. The first-order valence-electron chi connectivity index (χ1n) is 7.52. The van der Waals surface area contributed by atoms with Crippen LogP contribution in [0.5, 0.6) is 0 Å². The second-order valence-electron chi connectivity index (χ2n) is 5.34. The molecule has 1 N–H and O–H groups in total. The maximum Gasteiger partial charge on any atom is 0.112 e. The highest BCUT2D eigenvalue weighted by Crippen LogP contribution is 2.39. The molecule has 104 valence electrons. The fraction of sp³-hybridized carbons (Fsp3) is 0.867. The summed E-state index contributed by atoms with van der Waals surface area (Å²) in [5.74, 6) is 1.12. The molecule has 0 aromatic rings. The van der Waals surface area contributed by atoms with E-state index in [1.165, 1.54) is 12.8 Å². The van der Waals surface area contributed by atoms with Crippen molar-refractivity contribution in [3.05, 3.63) is 11.8 Å². The standard InChI is InChI=1S/C15H27NO2/c1-3-11-16-14(13-8-7-12-17-13)15(18-4-2)9-5-6-10-15/h8,14,16H,3-7,9-12H2,1-2H3. The van der Waals surface area contributed by atoms with Gasteiger partial charge in [0, 0.05) is 13.0 Å². The van der Waals surface area contributed by atoms with E-state index >= 15 is 0 Å². The van der Waals surface area contributed by atoms with E-state index < -0.39 is 0 Å². The smallest absolute Gasteiger partial charge is 0.112 e. The van der Waals surface area contributed by atoms with E-state index in [1.54, 1.807) is 0 Å². The number of nitrogens with one attached hydrogen (secondary N) is 1. The normalized spacial score (nSPS) is 23.8. The summed E-state index contributed by atoms with van der Waals surface area (Å²) in [5, 5.41) is 3.66. The molecule has 0 amide bonds. The first-order chi connectivity index (χ1) is 8.82. The lowest BCUT2D eigenvalue weighted by Crippen LogP contribution is -2.52. The van der Waals surface area contributed by atoms with Crippen molar-refractivity contribution in [2.75, 3.05) is 19.8 Å². The molecule has 1 fully saturated rings. The van der Waals surface area contributed by atoms with Gasteiger partial charge in [-0.25, -0.2) is 0 Å². The largest absolute Gasteiger partial charge is 0.496 e. The maximum absolute atomic E-state index is 6.18. The Balaban J connectivity index is 2.13. The number of hydrogen-bond donors (Lipinski definition) is 1. The van der Waals surface area contributed by atoms with Crippen molar-refractivity contribution in [3.63, 3.8) is 0 Å². The quantitative estimate of drug-likeness (QED) is 0.756. The average Bonchev–Trinajstić information content (AvgIpc) is 3.02. The summed E-state index contributed by atoms with van der Waals surface area (Å²) in [4.78, 5) is 0. The Morgan fingerprint density at radius 1 is 1.39 bits per heavy atom. The predicted molar refractivity (Wildman–Crippen MR) is 73.6 cm³/mol. The molecule has 2 aliphatic rings. The summed E-state index contributed by atoms with van der Waals surface area (Å²) in [6, 6.07) is 0.252. The van der Waals surface area contributed by atoms with E-state index in [-0.39, 0.29) is 11.6 Å². The molecule has 0 aromatic heterocycles. The minimum absolute atomic E-state index is 0.0277. The van der Waals surface area contributed by atoms with E-state index in [1.807, 2.05) is 0 Å². The lowest BCUT2D eigenvalue weighted by molar-refractivity contribution is -0.0626. The highest BCUT2D eigenvalue weighted by molar-refractivity contribution is 5.16. The lowest BCUT2D eigenvalue weighted by atomic mass is 9.90. The summed E-state index contributed by atoms with van der Waals surface area (Å²) in [6.07, 6.45) is 9.29. The Kier molecular flexibility index (Phi) is 5.07. The summed E-state index contributed by atoms with van der Waals surface area (Å²) in [5.41, 5.74) is -0.0277. The SMILES string of the molecule is CCCNC(C1=CCCO1)C1(OCC)CCCC1. The van der Waals surface area contributed by atoms with Gasteiger partial charge in [-0.15, -0.1) is 0 Å². The Morgan fingerprint density at radius 2 is 2.17 bits per heavy atom. The topological polar surface area (TPSA) is 30.5 Å². The molecule has 0 aromatic carbocycles. The van der Waals surface area contributed by atoms with Crippen LogP contribution < -0.4 is 5.32 Å². The van der Waals surface area contributed by atoms with E-state index in [0.29, 0.717) is 0 Å². The second kappa shape index (κ2) is 6.58. The molecular formula is C15H27NO2. The van der Waals surface area contributed by atoms with Crippen molar-refractivity contribution in [2.24, 2.45) is 0 Å². The van der Waals surface area contributed by atoms with Crippen LogP contribution in [0.1, 0.15) is 52.4 Å². The molecule has 3 heteroatoms. The van der Waals surface area contributed by atoms with Crippen LogP contribution in [-0.2, 0) is 9.47 Å². The van der Waals surface area contributed by atoms with Crippen LogP contribution in [0, 0.1) is 0 Å². The molecular weight excluding hydrogens is 226 g/mol. The zero-order valence-electron chi connectivity index (χ0n) is 11.8. The van der Waals surface area contributed by atoms with Gasteiger partial charge in [-0.05, 0) is 38.8 Å². The monoisotopic (exact) mass is 253 g/mol. The molecule has 0 radical (unpaired) electrons. The van der Waals surface area contributed by atoms with Crippen molar-refractivity contribution in [2.45, 2.75) is 64.0 Å². The molecule has 1 aliphatic carbocycles. The fourth-order valence-electron chi connectivity index (χ4n) is 3.25. The lowest BCUT2D eigenvalue weighted by Gasteiger charge is -2.38. The van der Waals surface area contributed by atoms with Gasteiger partial charge in [0.05, 0.1) is 18.2 Å². The highest BCUT2D eigenvalue weighted by atomic mass is 16.5. The van der Waals surface area contributed by atoms with Crippen LogP contribution in [0.4, 0.5) is 0 Å². The molecule has 1 aliphatic heterocycles. The maximum atomic E-state index is 6.18. The van der Waals surface area contributed by atoms with Crippen molar-refractivity contribution < 1.29 is 9.47 Å². The van der Waals surface area contributed by atoms with Crippen molar-refractivity contribution >= 4 is 0 Å². The van der Waals surface area contributed by atoms with Gasteiger partial charge in [0.15, 0.2) is 0 Å². The molecule has 18 heavy (non-hydrogen) atoms. The van der Waals surface area contributed by atoms with Crippen LogP contribution in [0.3, 0.4) is 0 Å². The molecule has 1 heterocycles. The molecule has 1 unspecified atom stereocenters. The van der Waals surface area contributed by atoms with Gasteiger partial charge in [-0.3, -0.25) is 0 Å². The van der Waals surface area contributed by atoms with Gasteiger partial charge in [0.25, 0.3) is 0 Å². The molecule has 0 bridgehead atoms. The van der Waals surface area contributed by atoms with Crippen LogP contribution in [0.25, 0.3) is 0 Å². The van der Waals surface area contributed by atoms with Gasteiger partial charge in [-0.2, -0.15) is 0 Å². The number of ether oxygens (including phenoxy) is 2. The van der Waals surface area contributed by atoms with E-state index in [9.17, 15) is 0 Å². The van der Waals surface area contributed by atoms with Crippen LogP contribution in [-0.4, -0.2) is 31.4 Å². The Morgan fingerprint density at radius 3 is 2.72 bits per heavy atom. The van der Waals surface area contributed by atoms with Gasteiger partial charge in [-0.1, -0.05) is 19.8 Å². The summed E-state index contributed by atoms with van der Waals surface area (Å²) in [6.45, 7) is 6.95. The molecule has 0 spiro atoms. The van der Waals surface area contributed by atoms with Gasteiger partial charge >= 0.3 is 0 Å². The summed E-state index contributed by atoms with van der Waals surface area (Å²) < 4.78 is 12.0. The van der Waals surface area contributed by atoms with Crippen LogP contribution in [0.15, 0.2) is 11.8 Å². The first-order valence-corrected chi connectivity index (χ1v) is 7.52. The molecule has 0 saturated heterocycles. The summed E-state index contributed by atoms with van der Waals surface area (Å²) in [7, 11) is 0. The third-order valence-electron chi connectivity index (χ3n) is 4.02. The van der Waals surface area contributed by atoms with Gasteiger partial charge in [0.1, 0.15) is 5.76 Å². The van der Waals surface area contributed by atoms with Crippen molar-refractivity contribution in [1.29, 1.82) is 0 Å². The van der Waals surface area contributed by atoms with Gasteiger partial charge < -0.3 is 14.8 Å². The van der Waals surface area contributed by atoms with E-state index in [2.05, 4.69) is 25.2 Å². The van der Waals surface area contributed by atoms with Crippen molar-refractivity contribution in [1.82, 2.24) is 5.32 Å². The molecule has 2 rings (SSSR count). The molecule has 1 atom stereocenters. The predicted octanol–water partition coefficient (Wildman–Crippen LogP) is 3.01. The van der Waals surface area contributed by atoms with Crippen LogP contribution in [0.2, 0.25) is 0 Å². The Hall–Kier alpha value is -0.540. The number of hydrogen-bond acceptors (Lipinski definition) is 3. The molecule has 1 saturated carbocycles. The minimum atomic E-state index is -0.0277. The minimum Gasteiger partial charge on any atom is -0.496 e. The third kappa shape index (κ3) is 2.89. The zero-order valence-corrected chi connectivity index (χ0v) is 11.8. The number of rotatable bonds is 7. The Labute approximate surface area is 111 Å². The van der Waals surface area contributed by atoms with E-state index in [4.69, 9.17) is 9.47 Å². The van der Waals surface area contributed by atoms with E-state index in [0.717, 1.165) is 51.2 Å². The van der Waals surface area contributed by atoms with Gasteiger partial charge in [0.2, 0.25) is 0 Å². The molecule has 3 nitrogen and oxygen atoms in total. The first kappa shape index (κ1) is 13.9. The second-order valence-corrected chi connectivity index (χ2v) is 5.34. The van der Waals surface area contributed by atoms with Crippen molar-refractivity contribution in [3.8, 4) is 0 Å². The zero-order chi connectivity index (χ0) is 12.8. The highest BCUT2D eigenvalue weighted by Gasteiger charge is 2.44. The summed E-state index contributed by atoms with van der Waals surface area (Å²) >= 11 is 0. The third-order valence-corrected chi connectivity index (χ3v) is 4.02. The fourth-order valence-corrected chi connectivity index (χ4v) is 3.25. The Bertz CT molecular complexity index is 282. The van der Waals surface area contributed by atoms with Crippen LogP contribution >= 0.6 is 0 Å².